The number of benzene rings is 2. The minimum absolute atomic E-state index is 0.0306. The van der Waals surface area contributed by atoms with Crippen LogP contribution in [0, 0.1) is 6.92 Å². The van der Waals surface area contributed by atoms with E-state index in [-0.39, 0.29) is 24.4 Å². The number of halogens is 1. The van der Waals surface area contributed by atoms with Crippen molar-refractivity contribution in [1.29, 1.82) is 0 Å². The number of ether oxygens (including phenoxy) is 1. The Morgan fingerprint density at radius 3 is 2.66 bits per heavy atom. The molecular formula is C28H31ClN2O3S. The van der Waals surface area contributed by atoms with Crippen LogP contribution in [-0.4, -0.2) is 54.5 Å². The van der Waals surface area contributed by atoms with Crippen LogP contribution in [0.25, 0.3) is 0 Å². The van der Waals surface area contributed by atoms with Gasteiger partial charge in [0.1, 0.15) is 6.54 Å². The van der Waals surface area contributed by atoms with E-state index in [9.17, 15) is 9.59 Å². The van der Waals surface area contributed by atoms with E-state index in [4.69, 9.17) is 16.3 Å². The molecule has 1 aliphatic heterocycles. The topological polar surface area (TPSA) is 49.9 Å². The number of carbonyl (C=O) groups excluding carboxylic acids is 2. The molecule has 0 saturated carbocycles. The summed E-state index contributed by atoms with van der Waals surface area (Å²) in [6.45, 7) is 6.16. The lowest BCUT2D eigenvalue weighted by atomic mass is 9.93. The second-order valence-corrected chi connectivity index (χ2v) is 10.1. The van der Waals surface area contributed by atoms with Crippen LogP contribution in [0.5, 0.6) is 0 Å². The average molecular weight is 511 g/mol. The summed E-state index contributed by atoms with van der Waals surface area (Å²) in [5.41, 5.74) is 3.71. The third-order valence-electron chi connectivity index (χ3n) is 6.38. The lowest BCUT2D eigenvalue weighted by Crippen LogP contribution is -2.47. The van der Waals surface area contributed by atoms with Gasteiger partial charge in [-0.15, -0.1) is 11.3 Å². The minimum Gasteiger partial charge on any atom is -0.382 e. The van der Waals surface area contributed by atoms with E-state index >= 15 is 0 Å². The molecule has 35 heavy (non-hydrogen) atoms. The molecule has 7 heteroatoms. The normalized spacial score (nSPS) is 15.1. The number of nitrogens with zero attached hydrogens (tertiary/aromatic N) is 2. The molecule has 0 spiro atoms. The Labute approximate surface area is 216 Å². The van der Waals surface area contributed by atoms with E-state index in [1.807, 2.05) is 67.3 Å². The third-order valence-corrected chi connectivity index (χ3v) is 7.63. The molecule has 0 N–H and O–H groups in total. The summed E-state index contributed by atoms with van der Waals surface area (Å²) in [7, 11) is 0. The number of hydrogen-bond acceptors (Lipinski definition) is 4. The fraction of sp³-hybridized carbons (Fsp3) is 0.357. The predicted molar refractivity (Wildman–Crippen MR) is 141 cm³/mol. The summed E-state index contributed by atoms with van der Waals surface area (Å²) < 4.78 is 5.49. The van der Waals surface area contributed by atoms with E-state index in [1.165, 1.54) is 4.88 Å². The highest BCUT2D eigenvalue weighted by Gasteiger charge is 2.34. The molecule has 2 aromatic carbocycles. The zero-order valence-corrected chi connectivity index (χ0v) is 21.8. The second-order valence-electron chi connectivity index (χ2n) is 8.68. The first-order valence-corrected chi connectivity index (χ1v) is 13.3. The van der Waals surface area contributed by atoms with Crippen molar-refractivity contribution in [2.24, 2.45) is 0 Å². The Bertz CT molecular complexity index is 1160. The lowest BCUT2D eigenvalue weighted by molar-refractivity contribution is -0.134. The first-order valence-electron chi connectivity index (χ1n) is 12.0. The Morgan fingerprint density at radius 2 is 1.91 bits per heavy atom. The number of amides is 2. The molecule has 1 aliphatic rings. The second kappa shape index (κ2) is 11.8. The van der Waals surface area contributed by atoms with Crippen molar-refractivity contribution in [1.82, 2.24) is 9.80 Å². The fourth-order valence-corrected chi connectivity index (χ4v) is 5.61. The van der Waals surface area contributed by atoms with Gasteiger partial charge in [-0.2, -0.15) is 0 Å². The van der Waals surface area contributed by atoms with Gasteiger partial charge in [0, 0.05) is 41.8 Å². The van der Waals surface area contributed by atoms with Crippen molar-refractivity contribution in [3.8, 4) is 0 Å². The molecule has 0 fully saturated rings. The van der Waals surface area contributed by atoms with E-state index in [0.717, 1.165) is 23.1 Å². The molecule has 0 bridgehead atoms. The average Bonchev–Trinajstić information content (AvgIpc) is 3.35. The van der Waals surface area contributed by atoms with Crippen LogP contribution in [0.2, 0.25) is 5.02 Å². The van der Waals surface area contributed by atoms with E-state index in [2.05, 4.69) is 11.4 Å². The van der Waals surface area contributed by atoms with Gasteiger partial charge in [-0.1, -0.05) is 41.9 Å². The van der Waals surface area contributed by atoms with Gasteiger partial charge < -0.3 is 14.5 Å². The van der Waals surface area contributed by atoms with Gasteiger partial charge in [-0.05, 0) is 73.0 Å². The van der Waals surface area contributed by atoms with Gasteiger partial charge in [0.2, 0.25) is 5.91 Å². The summed E-state index contributed by atoms with van der Waals surface area (Å²) >= 11 is 7.87. The highest BCUT2D eigenvalue weighted by Crippen LogP contribution is 2.38. The molecule has 2 heterocycles. The van der Waals surface area contributed by atoms with E-state index < -0.39 is 0 Å². The Kier molecular flexibility index (Phi) is 8.60. The van der Waals surface area contributed by atoms with Crippen LogP contribution in [0.15, 0.2) is 60.0 Å². The van der Waals surface area contributed by atoms with Crippen LogP contribution < -0.4 is 0 Å². The number of carbonyl (C=O) groups is 2. The summed E-state index contributed by atoms with van der Waals surface area (Å²) in [5.74, 6) is -0.177. The zero-order valence-electron chi connectivity index (χ0n) is 20.2. The van der Waals surface area contributed by atoms with Crippen molar-refractivity contribution < 1.29 is 14.3 Å². The molecule has 4 rings (SSSR count). The van der Waals surface area contributed by atoms with Crippen LogP contribution in [0.1, 0.15) is 51.3 Å². The van der Waals surface area contributed by atoms with Crippen LogP contribution >= 0.6 is 22.9 Å². The maximum Gasteiger partial charge on any atom is 0.254 e. The van der Waals surface area contributed by atoms with Gasteiger partial charge in [-0.3, -0.25) is 9.59 Å². The number of hydrogen-bond donors (Lipinski definition) is 0. The molecule has 3 aromatic rings. The quantitative estimate of drug-likeness (QED) is 0.344. The van der Waals surface area contributed by atoms with Crippen molar-refractivity contribution in [2.75, 3.05) is 32.8 Å². The molecular weight excluding hydrogens is 480 g/mol. The number of aryl methyl sites for hydroxylation is 1. The summed E-state index contributed by atoms with van der Waals surface area (Å²) in [4.78, 5) is 32.2. The van der Waals surface area contributed by atoms with Crippen LogP contribution in [-0.2, 0) is 16.0 Å². The van der Waals surface area contributed by atoms with Crippen LogP contribution in [0.3, 0.4) is 0 Å². The van der Waals surface area contributed by atoms with Crippen molar-refractivity contribution in [3.05, 3.63) is 92.1 Å². The Balaban J connectivity index is 1.59. The predicted octanol–water partition coefficient (Wildman–Crippen LogP) is 5.75. The smallest absolute Gasteiger partial charge is 0.254 e. The Morgan fingerprint density at radius 1 is 1.14 bits per heavy atom. The zero-order chi connectivity index (χ0) is 24.8. The number of rotatable bonds is 9. The number of thiophene rings is 1. The molecule has 0 radical (unpaired) electrons. The largest absolute Gasteiger partial charge is 0.382 e. The molecule has 5 nitrogen and oxygen atoms in total. The van der Waals surface area contributed by atoms with Crippen molar-refractivity contribution >= 4 is 34.8 Å². The van der Waals surface area contributed by atoms with Gasteiger partial charge in [0.15, 0.2) is 0 Å². The van der Waals surface area contributed by atoms with E-state index in [0.29, 0.717) is 43.3 Å². The SMILES string of the molecule is CCOCCCN(CC(=O)N1CCc2sccc2C1c1ccc(Cl)cc1)C(=O)c1ccccc1C. The molecule has 0 aliphatic carbocycles. The monoisotopic (exact) mass is 510 g/mol. The first-order chi connectivity index (χ1) is 17.0. The number of fused-ring (bicyclic) bond motifs is 1. The summed E-state index contributed by atoms with van der Waals surface area (Å²) in [5, 5.41) is 2.75. The van der Waals surface area contributed by atoms with Gasteiger partial charge >= 0.3 is 0 Å². The molecule has 2 amide bonds. The van der Waals surface area contributed by atoms with Crippen LogP contribution in [0.4, 0.5) is 0 Å². The highest BCUT2D eigenvalue weighted by molar-refractivity contribution is 7.10. The maximum absolute atomic E-state index is 13.8. The summed E-state index contributed by atoms with van der Waals surface area (Å²) in [6.07, 6.45) is 1.49. The first kappa shape index (κ1) is 25.4. The molecule has 1 aromatic heterocycles. The lowest BCUT2D eigenvalue weighted by Gasteiger charge is -2.37. The van der Waals surface area contributed by atoms with E-state index in [1.54, 1.807) is 16.2 Å². The van der Waals surface area contributed by atoms with Crippen molar-refractivity contribution in [3.63, 3.8) is 0 Å². The van der Waals surface area contributed by atoms with Gasteiger partial charge in [0.25, 0.3) is 5.91 Å². The van der Waals surface area contributed by atoms with Gasteiger partial charge in [0.05, 0.1) is 6.04 Å². The third kappa shape index (κ3) is 5.95. The fourth-order valence-electron chi connectivity index (χ4n) is 4.58. The summed E-state index contributed by atoms with van der Waals surface area (Å²) in [6, 6.07) is 17.1. The molecule has 1 atom stereocenters. The standard InChI is InChI=1S/C28H31ClN2O3S/c1-3-34-17-6-15-30(28(33)23-8-5-4-7-20(23)2)19-26(32)31-16-13-25-24(14-18-35-25)27(31)21-9-11-22(29)12-10-21/h4-5,7-12,14,18,27H,3,6,13,15-17,19H2,1-2H3. The Hall–Kier alpha value is -2.67. The molecule has 0 saturated heterocycles. The minimum atomic E-state index is -0.186. The molecule has 1 unspecified atom stereocenters. The maximum atomic E-state index is 13.8. The van der Waals surface area contributed by atoms with Gasteiger partial charge in [-0.25, -0.2) is 0 Å². The van der Waals surface area contributed by atoms with Crippen molar-refractivity contribution in [2.45, 2.75) is 32.7 Å². The molecule has 184 valence electrons. The highest BCUT2D eigenvalue weighted by atomic mass is 35.5.